The first kappa shape index (κ1) is 21.7. The van der Waals surface area contributed by atoms with Crippen LogP contribution in [0.1, 0.15) is 63.8 Å². The fourth-order valence-corrected chi connectivity index (χ4v) is 6.73. The summed E-state index contributed by atoms with van der Waals surface area (Å²) in [7, 11) is 0. The number of hydrogen-bond acceptors (Lipinski definition) is 0. The van der Waals surface area contributed by atoms with Crippen molar-refractivity contribution in [2.45, 2.75) is 54.4 Å². The SMILES string of the molecule is CC(C)(C)[C@@H]1Cc2ccc3ccccc3c2/C1=C1\c2c(ccc3ccccc23)C[C@H]1C(C)(C)C. The van der Waals surface area contributed by atoms with Crippen LogP contribution >= 0.6 is 0 Å². The summed E-state index contributed by atoms with van der Waals surface area (Å²) in [6.45, 7) is 14.7. The zero-order valence-electron chi connectivity index (χ0n) is 21.5. The van der Waals surface area contributed by atoms with E-state index < -0.39 is 0 Å². The van der Waals surface area contributed by atoms with Crippen molar-refractivity contribution in [3.8, 4) is 0 Å². The van der Waals surface area contributed by atoms with Crippen molar-refractivity contribution in [3.05, 3.63) is 95.1 Å². The molecule has 4 aromatic rings. The van der Waals surface area contributed by atoms with Crippen LogP contribution in [-0.4, -0.2) is 0 Å². The number of rotatable bonds is 0. The quantitative estimate of drug-likeness (QED) is 0.253. The summed E-state index contributed by atoms with van der Waals surface area (Å²) >= 11 is 0. The maximum Gasteiger partial charge on any atom is -0.00632 e. The number of fused-ring (bicyclic) bond motifs is 6. The van der Waals surface area contributed by atoms with E-state index in [1.54, 1.807) is 11.1 Å². The van der Waals surface area contributed by atoms with Crippen molar-refractivity contribution < 1.29 is 0 Å². The molecule has 172 valence electrons. The molecule has 0 nitrogen and oxygen atoms in total. The molecule has 0 aromatic heterocycles. The van der Waals surface area contributed by atoms with Gasteiger partial charge in [-0.3, -0.25) is 0 Å². The lowest BCUT2D eigenvalue weighted by atomic mass is 9.69. The predicted octanol–water partition coefficient (Wildman–Crippen LogP) is 9.34. The fourth-order valence-electron chi connectivity index (χ4n) is 6.73. The van der Waals surface area contributed by atoms with E-state index in [2.05, 4.69) is 114 Å². The minimum Gasteiger partial charge on any atom is -0.0616 e. The van der Waals surface area contributed by atoms with Gasteiger partial charge in [-0.2, -0.15) is 0 Å². The highest BCUT2D eigenvalue weighted by molar-refractivity contribution is 6.10. The van der Waals surface area contributed by atoms with Crippen molar-refractivity contribution >= 4 is 32.7 Å². The Balaban J connectivity index is 1.80. The van der Waals surface area contributed by atoms with Crippen molar-refractivity contribution in [3.63, 3.8) is 0 Å². The summed E-state index contributed by atoms with van der Waals surface area (Å²) in [5.41, 5.74) is 9.77. The molecule has 0 heteroatoms. The monoisotopic (exact) mass is 444 g/mol. The second-order valence-electron chi connectivity index (χ2n) is 12.7. The summed E-state index contributed by atoms with van der Waals surface area (Å²) in [5, 5.41) is 5.57. The van der Waals surface area contributed by atoms with Gasteiger partial charge in [-0.1, -0.05) is 114 Å². The molecule has 4 aromatic carbocycles. The molecule has 0 amide bonds. The Labute approximate surface area is 204 Å². The van der Waals surface area contributed by atoms with Crippen LogP contribution in [0.3, 0.4) is 0 Å². The molecular weight excluding hydrogens is 408 g/mol. The molecular formula is C34H36. The van der Waals surface area contributed by atoms with Gasteiger partial charge in [0.25, 0.3) is 0 Å². The van der Waals surface area contributed by atoms with Gasteiger partial charge in [0.1, 0.15) is 0 Å². The van der Waals surface area contributed by atoms with Crippen LogP contribution in [0.2, 0.25) is 0 Å². The van der Waals surface area contributed by atoms with Crippen LogP contribution < -0.4 is 0 Å². The minimum absolute atomic E-state index is 0.193. The van der Waals surface area contributed by atoms with E-state index in [1.165, 1.54) is 43.8 Å². The van der Waals surface area contributed by atoms with E-state index in [0.717, 1.165) is 12.8 Å². The molecule has 2 aliphatic carbocycles. The van der Waals surface area contributed by atoms with Crippen LogP contribution in [0.25, 0.3) is 32.7 Å². The van der Waals surface area contributed by atoms with Gasteiger partial charge in [0.05, 0.1) is 0 Å². The molecule has 2 atom stereocenters. The average molecular weight is 445 g/mol. The molecule has 0 fully saturated rings. The Morgan fingerprint density at radius 2 is 0.882 bits per heavy atom. The van der Waals surface area contributed by atoms with E-state index in [9.17, 15) is 0 Å². The van der Waals surface area contributed by atoms with Gasteiger partial charge in [0.15, 0.2) is 0 Å². The molecule has 34 heavy (non-hydrogen) atoms. The highest BCUT2D eigenvalue weighted by atomic mass is 14.5. The summed E-state index contributed by atoms with van der Waals surface area (Å²) < 4.78 is 0. The first-order chi connectivity index (χ1) is 16.1. The minimum atomic E-state index is 0.193. The predicted molar refractivity (Wildman–Crippen MR) is 148 cm³/mol. The smallest absolute Gasteiger partial charge is 0.00632 e. The van der Waals surface area contributed by atoms with E-state index >= 15 is 0 Å². The lowest BCUT2D eigenvalue weighted by Crippen LogP contribution is -2.24. The molecule has 6 rings (SSSR count). The first-order valence-corrected chi connectivity index (χ1v) is 12.9. The van der Waals surface area contributed by atoms with Gasteiger partial charge < -0.3 is 0 Å². The van der Waals surface area contributed by atoms with Gasteiger partial charge in [-0.15, -0.1) is 0 Å². The molecule has 0 aliphatic heterocycles. The van der Waals surface area contributed by atoms with E-state index in [1.807, 2.05) is 0 Å². The summed E-state index contributed by atoms with van der Waals surface area (Å²) in [4.78, 5) is 0. The zero-order chi connectivity index (χ0) is 23.8. The summed E-state index contributed by atoms with van der Waals surface area (Å²) in [6.07, 6.45) is 2.28. The second kappa shape index (κ2) is 7.32. The second-order valence-corrected chi connectivity index (χ2v) is 12.7. The Bertz CT molecular complexity index is 1350. The van der Waals surface area contributed by atoms with Crippen molar-refractivity contribution in [1.29, 1.82) is 0 Å². The molecule has 0 N–H and O–H groups in total. The maximum absolute atomic E-state index is 2.44. The first-order valence-electron chi connectivity index (χ1n) is 12.9. The lowest BCUT2D eigenvalue weighted by Gasteiger charge is -2.35. The standard InChI is InChI=1S/C34H36/c1-33(2,3)27-19-23-17-15-21-11-7-9-13-25(21)29(23)31(27)32-28(34(4,5)6)20-24-18-16-22-12-8-10-14-26(22)30(24)32/h7-18,27-28H,19-20H2,1-6H3/b32-31-/t27-,28-/m1/s1. The highest BCUT2D eigenvalue weighted by Gasteiger charge is 2.44. The normalized spacial score (nSPS) is 22.4. The molecule has 0 bridgehead atoms. The van der Waals surface area contributed by atoms with Gasteiger partial charge in [0.2, 0.25) is 0 Å². The van der Waals surface area contributed by atoms with Gasteiger partial charge in [-0.05, 0) is 90.5 Å². The lowest BCUT2D eigenvalue weighted by molar-refractivity contribution is 0.297. The van der Waals surface area contributed by atoms with Gasteiger partial charge in [0, 0.05) is 0 Å². The maximum atomic E-state index is 2.44. The molecule has 0 saturated carbocycles. The Morgan fingerprint density at radius 1 is 0.500 bits per heavy atom. The van der Waals surface area contributed by atoms with Crippen molar-refractivity contribution in [2.75, 3.05) is 0 Å². The molecule has 0 saturated heterocycles. The third-order valence-electron chi connectivity index (χ3n) is 8.50. The third-order valence-corrected chi connectivity index (χ3v) is 8.50. The van der Waals surface area contributed by atoms with Crippen LogP contribution in [-0.2, 0) is 12.8 Å². The Morgan fingerprint density at radius 3 is 1.26 bits per heavy atom. The fraction of sp³-hybridized carbons (Fsp3) is 0.353. The van der Waals surface area contributed by atoms with E-state index in [4.69, 9.17) is 0 Å². The largest absolute Gasteiger partial charge is 0.0616 e. The van der Waals surface area contributed by atoms with Crippen molar-refractivity contribution in [2.24, 2.45) is 22.7 Å². The van der Waals surface area contributed by atoms with Crippen LogP contribution in [0.4, 0.5) is 0 Å². The zero-order valence-corrected chi connectivity index (χ0v) is 21.5. The average Bonchev–Trinajstić information content (AvgIpc) is 3.38. The van der Waals surface area contributed by atoms with Crippen molar-refractivity contribution in [1.82, 2.24) is 0 Å². The van der Waals surface area contributed by atoms with Gasteiger partial charge in [-0.25, -0.2) is 0 Å². The van der Waals surface area contributed by atoms with Gasteiger partial charge >= 0.3 is 0 Å². The number of allylic oxidation sites excluding steroid dienone is 2. The number of hydrogen-bond donors (Lipinski definition) is 0. The molecule has 0 heterocycles. The topological polar surface area (TPSA) is 0 Å². The van der Waals surface area contributed by atoms with E-state index in [-0.39, 0.29) is 10.8 Å². The molecule has 0 unspecified atom stereocenters. The molecule has 0 spiro atoms. The van der Waals surface area contributed by atoms with Crippen LogP contribution in [0.5, 0.6) is 0 Å². The van der Waals surface area contributed by atoms with Crippen LogP contribution in [0.15, 0.2) is 72.8 Å². The number of benzene rings is 4. The van der Waals surface area contributed by atoms with E-state index in [0.29, 0.717) is 11.8 Å². The molecule has 0 radical (unpaired) electrons. The summed E-state index contributed by atoms with van der Waals surface area (Å²) in [5.74, 6) is 1.02. The summed E-state index contributed by atoms with van der Waals surface area (Å²) in [6, 6.07) is 27.5. The Kier molecular flexibility index (Phi) is 4.66. The van der Waals surface area contributed by atoms with Crippen LogP contribution in [0, 0.1) is 22.7 Å². The molecule has 2 aliphatic rings. The Hall–Kier alpha value is -2.86. The third kappa shape index (κ3) is 3.18. The highest BCUT2D eigenvalue weighted by Crippen LogP contribution is 2.58.